The molecule has 2 aliphatic rings. The van der Waals surface area contributed by atoms with E-state index in [9.17, 15) is 4.79 Å². The van der Waals surface area contributed by atoms with Crippen LogP contribution in [0.25, 0.3) is 11.1 Å². The van der Waals surface area contributed by atoms with Crippen LogP contribution in [0.3, 0.4) is 0 Å². The number of piperazine rings is 1. The Hall–Kier alpha value is -2.33. The van der Waals surface area contributed by atoms with Crippen molar-refractivity contribution in [2.75, 3.05) is 32.8 Å². The van der Waals surface area contributed by atoms with E-state index in [0.29, 0.717) is 6.04 Å². The predicted molar refractivity (Wildman–Crippen MR) is 98.5 cm³/mol. The van der Waals surface area contributed by atoms with Gasteiger partial charge in [-0.25, -0.2) is 0 Å². The topological polar surface area (TPSA) is 32.8 Å². The molecule has 0 saturated carbocycles. The second-order valence-corrected chi connectivity index (χ2v) is 6.85. The highest BCUT2D eigenvalue weighted by atomic mass is 16.5. The Morgan fingerprint density at radius 1 is 0.960 bits per heavy atom. The van der Waals surface area contributed by atoms with Crippen molar-refractivity contribution in [3.8, 4) is 16.9 Å². The van der Waals surface area contributed by atoms with Crippen LogP contribution in [-0.2, 0) is 4.79 Å². The molecular formula is C21H24N2O2. The van der Waals surface area contributed by atoms with E-state index in [2.05, 4.69) is 17.0 Å². The van der Waals surface area contributed by atoms with Crippen molar-refractivity contribution in [3.05, 3.63) is 54.6 Å². The highest BCUT2D eigenvalue weighted by Gasteiger charge is 2.32. The number of amides is 1. The van der Waals surface area contributed by atoms with Gasteiger partial charge in [-0.05, 0) is 42.6 Å². The van der Waals surface area contributed by atoms with Crippen LogP contribution < -0.4 is 4.74 Å². The molecule has 2 heterocycles. The van der Waals surface area contributed by atoms with Crippen molar-refractivity contribution >= 4 is 5.91 Å². The number of hydrogen-bond donors (Lipinski definition) is 0. The van der Waals surface area contributed by atoms with Crippen molar-refractivity contribution in [1.29, 1.82) is 0 Å². The van der Waals surface area contributed by atoms with Crippen molar-refractivity contribution in [2.24, 2.45) is 0 Å². The van der Waals surface area contributed by atoms with Gasteiger partial charge in [0.1, 0.15) is 5.75 Å². The van der Waals surface area contributed by atoms with Crippen molar-refractivity contribution in [3.63, 3.8) is 0 Å². The fraction of sp³-hybridized carbons (Fsp3) is 0.381. The number of nitrogens with zero attached hydrogens (tertiary/aromatic N) is 2. The molecule has 2 aliphatic heterocycles. The predicted octanol–water partition coefficient (Wildman–Crippen LogP) is 3.04. The van der Waals surface area contributed by atoms with E-state index in [4.69, 9.17) is 4.74 Å². The first-order valence-electron chi connectivity index (χ1n) is 9.10. The smallest absolute Gasteiger partial charge is 0.260 e. The zero-order valence-electron chi connectivity index (χ0n) is 14.4. The molecular weight excluding hydrogens is 312 g/mol. The van der Waals surface area contributed by atoms with E-state index in [1.807, 2.05) is 47.4 Å². The third-order valence-electron chi connectivity index (χ3n) is 5.26. The summed E-state index contributed by atoms with van der Waals surface area (Å²) in [5.74, 6) is 0.839. The molecule has 0 N–H and O–H groups in total. The van der Waals surface area contributed by atoms with Crippen LogP contribution in [0.5, 0.6) is 5.75 Å². The van der Waals surface area contributed by atoms with Crippen LogP contribution >= 0.6 is 0 Å². The second-order valence-electron chi connectivity index (χ2n) is 6.85. The first-order chi connectivity index (χ1) is 12.3. The van der Waals surface area contributed by atoms with Gasteiger partial charge in [0.25, 0.3) is 5.91 Å². The average molecular weight is 336 g/mol. The van der Waals surface area contributed by atoms with Gasteiger partial charge in [0.05, 0.1) is 0 Å². The standard InChI is InChI=1S/C21H24N2O2/c24-21(23-14-13-22-12-4-7-19(22)15-23)16-25-20-10-8-18(9-11-20)17-5-2-1-3-6-17/h1-3,5-6,8-11,19H,4,7,12-16H2/t19-/m1/s1. The third-order valence-corrected chi connectivity index (χ3v) is 5.26. The van der Waals surface area contributed by atoms with E-state index in [1.54, 1.807) is 0 Å². The minimum atomic E-state index is 0.0960. The lowest BCUT2D eigenvalue weighted by Crippen LogP contribution is -2.53. The van der Waals surface area contributed by atoms with Gasteiger partial charge in [-0.2, -0.15) is 0 Å². The lowest BCUT2D eigenvalue weighted by molar-refractivity contribution is -0.135. The molecule has 0 bridgehead atoms. The zero-order valence-corrected chi connectivity index (χ0v) is 14.4. The van der Waals surface area contributed by atoms with Gasteiger partial charge in [0.2, 0.25) is 0 Å². The number of hydrogen-bond acceptors (Lipinski definition) is 3. The van der Waals surface area contributed by atoms with Crippen LogP contribution in [0.4, 0.5) is 0 Å². The summed E-state index contributed by atoms with van der Waals surface area (Å²) < 4.78 is 5.72. The lowest BCUT2D eigenvalue weighted by Gasteiger charge is -2.37. The molecule has 2 saturated heterocycles. The van der Waals surface area contributed by atoms with Crippen molar-refractivity contribution in [2.45, 2.75) is 18.9 Å². The van der Waals surface area contributed by atoms with Crippen LogP contribution in [0.2, 0.25) is 0 Å². The average Bonchev–Trinajstić information content (AvgIpc) is 3.15. The molecule has 1 atom stereocenters. The first kappa shape index (κ1) is 16.2. The van der Waals surface area contributed by atoms with Crippen LogP contribution in [0.15, 0.2) is 54.6 Å². The molecule has 2 fully saturated rings. The van der Waals surface area contributed by atoms with E-state index in [1.165, 1.54) is 24.9 Å². The first-order valence-corrected chi connectivity index (χ1v) is 9.10. The summed E-state index contributed by atoms with van der Waals surface area (Å²) in [7, 11) is 0. The SMILES string of the molecule is O=C(COc1ccc(-c2ccccc2)cc1)N1CCN2CCC[C@@H]2C1. The Bertz CT molecular complexity index is 714. The maximum Gasteiger partial charge on any atom is 0.260 e. The van der Waals surface area contributed by atoms with Crippen LogP contribution in [-0.4, -0.2) is 54.5 Å². The van der Waals surface area contributed by atoms with Gasteiger partial charge < -0.3 is 9.64 Å². The molecule has 0 spiro atoms. The molecule has 2 aromatic rings. The maximum atomic E-state index is 12.4. The number of fused-ring (bicyclic) bond motifs is 1. The van der Waals surface area contributed by atoms with Crippen LogP contribution in [0.1, 0.15) is 12.8 Å². The highest BCUT2D eigenvalue weighted by Crippen LogP contribution is 2.23. The monoisotopic (exact) mass is 336 g/mol. The molecule has 4 rings (SSSR count). The number of carbonyl (C=O) groups excluding carboxylic acids is 1. The summed E-state index contributed by atoms with van der Waals surface area (Å²) in [5.41, 5.74) is 2.33. The highest BCUT2D eigenvalue weighted by molar-refractivity contribution is 5.78. The molecule has 0 unspecified atom stereocenters. The van der Waals surface area contributed by atoms with Crippen molar-refractivity contribution in [1.82, 2.24) is 9.80 Å². The molecule has 130 valence electrons. The summed E-state index contributed by atoms with van der Waals surface area (Å²) in [5, 5.41) is 0. The Morgan fingerprint density at radius 2 is 1.72 bits per heavy atom. The molecule has 1 amide bonds. The van der Waals surface area contributed by atoms with E-state index in [-0.39, 0.29) is 12.5 Å². The summed E-state index contributed by atoms with van der Waals surface area (Å²) in [4.78, 5) is 16.9. The Morgan fingerprint density at radius 3 is 2.52 bits per heavy atom. The lowest BCUT2D eigenvalue weighted by atomic mass is 10.1. The van der Waals surface area contributed by atoms with E-state index in [0.717, 1.165) is 30.9 Å². The summed E-state index contributed by atoms with van der Waals surface area (Å²) >= 11 is 0. The molecule has 0 radical (unpaired) electrons. The Labute approximate surface area is 149 Å². The van der Waals surface area contributed by atoms with Gasteiger partial charge in [0, 0.05) is 25.7 Å². The number of carbonyl (C=O) groups is 1. The normalized spacial score (nSPS) is 20.3. The Kier molecular flexibility index (Phi) is 4.70. The van der Waals surface area contributed by atoms with Gasteiger partial charge in [-0.15, -0.1) is 0 Å². The van der Waals surface area contributed by atoms with Gasteiger partial charge in [-0.3, -0.25) is 9.69 Å². The largest absolute Gasteiger partial charge is 0.484 e. The fourth-order valence-electron chi connectivity index (χ4n) is 3.83. The van der Waals surface area contributed by atoms with E-state index >= 15 is 0 Å². The van der Waals surface area contributed by atoms with Gasteiger partial charge in [-0.1, -0.05) is 42.5 Å². The quantitative estimate of drug-likeness (QED) is 0.860. The summed E-state index contributed by atoms with van der Waals surface area (Å²) in [6.45, 7) is 4.00. The minimum absolute atomic E-state index is 0.0960. The van der Waals surface area contributed by atoms with Crippen molar-refractivity contribution < 1.29 is 9.53 Å². The van der Waals surface area contributed by atoms with Crippen LogP contribution in [0, 0.1) is 0 Å². The molecule has 4 nitrogen and oxygen atoms in total. The minimum Gasteiger partial charge on any atom is -0.484 e. The maximum absolute atomic E-state index is 12.4. The summed E-state index contributed by atoms with van der Waals surface area (Å²) in [6.07, 6.45) is 2.47. The van der Waals surface area contributed by atoms with Gasteiger partial charge in [0.15, 0.2) is 6.61 Å². The molecule has 0 aromatic heterocycles. The van der Waals surface area contributed by atoms with E-state index < -0.39 is 0 Å². The fourth-order valence-corrected chi connectivity index (χ4v) is 3.83. The Balaban J connectivity index is 1.31. The molecule has 0 aliphatic carbocycles. The molecule has 4 heteroatoms. The summed E-state index contributed by atoms with van der Waals surface area (Å²) in [6, 6.07) is 18.7. The third kappa shape index (κ3) is 3.69. The number of benzene rings is 2. The number of ether oxygens (including phenoxy) is 1. The second kappa shape index (κ2) is 7.28. The number of rotatable bonds is 4. The zero-order chi connectivity index (χ0) is 17.1. The molecule has 25 heavy (non-hydrogen) atoms. The molecule has 2 aromatic carbocycles. The van der Waals surface area contributed by atoms with Gasteiger partial charge >= 0.3 is 0 Å².